The van der Waals surface area contributed by atoms with Crippen LogP contribution in [0.1, 0.15) is 5.56 Å². The number of anilines is 1. The average Bonchev–Trinajstić information content (AvgIpc) is 2.55. The van der Waals surface area contributed by atoms with Crippen LogP contribution in [0.5, 0.6) is 11.5 Å². The molecule has 1 amide bonds. The van der Waals surface area contributed by atoms with Gasteiger partial charge in [-0.2, -0.15) is 0 Å². The van der Waals surface area contributed by atoms with Gasteiger partial charge in [-0.25, -0.2) is 0 Å². The number of ether oxygens (including phenoxy) is 2. The molecule has 0 unspecified atom stereocenters. The lowest BCUT2D eigenvalue weighted by atomic mass is 10.1. The lowest BCUT2D eigenvalue weighted by Gasteiger charge is -2.18. The van der Waals surface area contributed by atoms with Gasteiger partial charge in [0.25, 0.3) is 5.91 Å². The van der Waals surface area contributed by atoms with Crippen molar-refractivity contribution in [3.63, 3.8) is 0 Å². The van der Waals surface area contributed by atoms with Crippen molar-refractivity contribution in [2.24, 2.45) is 0 Å². The number of benzene rings is 2. The van der Waals surface area contributed by atoms with Crippen LogP contribution < -0.4 is 14.8 Å². The number of amides is 1. The van der Waals surface area contributed by atoms with E-state index in [1.807, 2.05) is 42.5 Å². The van der Waals surface area contributed by atoms with E-state index in [-0.39, 0.29) is 12.5 Å². The highest BCUT2D eigenvalue weighted by atomic mass is 16.5. The van der Waals surface area contributed by atoms with E-state index in [0.717, 1.165) is 11.3 Å². The Kier molecular flexibility index (Phi) is 3.60. The summed E-state index contributed by atoms with van der Waals surface area (Å²) in [7, 11) is 1.57. The number of methoxy groups -OCH3 is 1. The third-order valence-electron chi connectivity index (χ3n) is 3.28. The van der Waals surface area contributed by atoms with Crippen LogP contribution in [-0.2, 0) is 4.79 Å². The molecule has 0 fully saturated rings. The SMILES string of the molecule is COc1ccccc1NC(=O)C1=Cc2ccccc2OC1. The van der Waals surface area contributed by atoms with Gasteiger partial charge in [-0.15, -0.1) is 0 Å². The van der Waals surface area contributed by atoms with Crippen molar-refractivity contribution in [3.8, 4) is 11.5 Å². The van der Waals surface area contributed by atoms with Gasteiger partial charge in [0, 0.05) is 5.56 Å². The molecule has 1 aliphatic rings. The van der Waals surface area contributed by atoms with Crippen molar-refractivity contribution in [2.45, 2.75) is 0 Å². The van der Waals surface area contributed by atoms with Gasteiger partial charge in [0.2, 0.25) is 0 Å². The van der Waals surface area contributed by atoms with E-state index in [4.69, 9.17) is 9.47 Å². The van der Waals surface area contributed by atoms with Gasteiger partial charge in [-0.3, -0.25) is 4.79 Å². The standard InChI is InChI=1S/C17H15NO3/c1-20-16-9-5-3-7-14(16)18-17(19)13-10-12-6-2-4-8-15(12)21-11-13/h2-10H,11H2,1H3,(H,18,19). The first-order valence-corrected chi connectivity index (χ1v) is 6.64. The van der Waals surface area contributed by atoms with Gasteiger partial charge in [0.1, 0.15) is 18.1 Å². The molecule has 2 aromatic carbocycles. The van der Waals surface area contributed by atoms with Gasteiger partial charge in [-0.05, 0) is 24.3 Å². The number of nitrogens with one attached hydrogen (secondary N) is 1. The molecule has 0 aromatic heterocycles. The minimum absolute atomic E-state index is 0.186. The van der Waals surface area contributed by atoms with Crippen LogP contribution in [-0.4, -0.2) is 19.6 Å². The van der Waals surface area contributed by atoms with Gasteiger partial charge in [-0.1, -0.05) is 30.3 Å². The zero-order chi connectivity index (χ0) is 14.7. The second-order valence-electron chi connectivity index (χ2n) is 4.65. The Labute approximate surface area is 123 Å². The topological polar surface area (TPSA) is 47.6 Å². The fourth-order valence-corrected chi connectivity index (χ4v) is 2.20. The molecule has 0 bridgehead atoms. The lowest BCUT2D eigenvalue weighted by Crippen LogP contribution is -2.21. The van der Waals surface area contributed by atoms with Crippen molar-refractivity contribution in [1.82, 2.24) is 0 Å². The maximum absolute atomic E-state index is 12.3. The minimum Gasteiger partial charge on any atom is -0.495 e. The van der Waals surface area contributed by atoms with Gasteiger partial charge in [0.05, 0.1) is 18.4 Å². The maximum Gasteiger partial charge on any atom is 0.255 e. The summed E-state index contributed by atoms with van der Waals surface area (Å²) in [5.41, 5.74) is 2.14. The fourth-order valence-electron chi connectivity index (χ4n) is 2.20. The Bertz CT molecular complexity index is 707. The number of para-hydroxylation sites is 3. The molecule has 1 N–H and O–H groups in total. The number of carbonyl (C=O) groups excluding carboxylic acids is 1. The smallest absolute Gasteiger partial charge is 0.255 e. The third kappa shape index (κ3) is 2.74. The predicted octanol–water partition coefficient (Wildman–Crippen LogP) is 3.11. The minimum atomic E-state index is -0.186. The van der Waals surface area contributed by atoms with E-state index in [1.54, 1.807) is 19.2 Å². The largest absolute Gasteiger partial charge is 0.495 e. The number of fused-ring (bicyclic) bond motifs is 1. The summed E-state index contributed by atoms with van der Waals surface area (Å²) in [6.07, 6.45) is 1.85. The number of hydrogen-bond acceptors (Lipinski definition) is 3. The maximum atomic E-state index is 12.3. The summed E-state index contributed by atoms with van der Waals surface area (Å²) < 4.78 is 10.8. The fraction of sp³-hybridized carbons (Fsp3) is 0.118. The second-order valence-corrected chi connectivity index (χ2v) is 4.65. The average molecular weight is 281 g/mol. The van der Waals surface area contributed by atoms with Crippen molar-refractivity contribution in [1.29, 1.82) is 0 Å². The van der Waals surface area contributed by atoms with Gasteiger partial charge >= 0.3 is 0 Å². The highest BCUT2D eigenvalue weighted by Crippen LogP contribution is 2.27. The van der Waals surface area contributed by atoms with E-state index < -0.39 is 0 Å². The molecule has 0 radical (unpaired) electrons. The summed E-state index contributed by atoms with van der Waals surface area (Å²) >= 11 is 0. The zero-order valence-electron chi connectivity index (χ0n) is 11.6. The van der Waals surface area contributed by atoms with Gasteiger partial charge < -0.3 is 14.8 Å². The second kappa shape index (κ2) is 5.71. The monoisotopic (exact) mass is 281 g/mol. The third-order valence-corrected chi connectivity index (χ3v) is 3.28. The Morgan fingerprint density at radius 2 is 1.90 bits per heavy atom. The summed E-state index contributed by atoms with van der Waals surface area (Å²) in [4.78, 5) is 12.3. The molecule has 4 heteroatoms. The summed E-state index contributed by atoms with van der Waals surface area (Å²) in [6, 6.07) is 14.9. The Morgan fingerprint density at radius 1 is 1.14 bits per heavy atom. The first-order chi connectivity index (χ1) is 10.3. The van der Waals surface area contributed by atoms with Crippen LogP contribution >= 0.6 is 0 Å². The van der Waals surface area contributed by atoms with E-state index in [2.05, 4.69) is 5.32 Å². The van der Waals surface area contributed by atoms with Crippen LogP contribution in [0.2, 0.25) is 0 Å². The zero-order valence-corrected chi connectivity index (χ0v) is 11.6. The molecule has 0 atom stereocenters. The number of carbonyl (C=O) groups is 1. The summed E-state index contributed by atoms with van der Waals surface area (Å²) in [5, 5.41) is 2.85. The van der Waals surface area contributed by atoms with Gasteiger partial charge in [0.15, 0.2) is 0 Å². The normalized spacial score (nSPS) is 12.7. The van der Waals surface area contributed by atoms with Crippen molar-refractivity contribution in [2.75, 3.05) is 19.0 Å². The summed E-state index contributed by atoms with van der Waals surface area (Å²) in [6.45, 7) is 0.262. The lowest BCUT2D eigenvalue weighted by molar-refractivity contribution is -0.113. The van der Waals surface area contributed by atoms with E-state index in [1.165, 1.54) is 0 Å². The van der Waals surface area contributed by atoms with Crippen LogP contribution in [0.3, 0.4) is 0 Å². The van der Waals surface area contributed by atoms with Crippen molar-refractivity contribution >= 4 is 17.7 Å². The Morgan fingerprint density at radius 3 is 2.76 bits per heavy atom. The molecule has 1 heterocycles. The Balaban J connectivity index is 1.82. The molecule has 21 heavy (non-hydrogen) atoms. The molecule has 0 spiro atoms. The highest BCUT2D eigenvalue weighted by Gasteiger charge is 2.17. The molecular weight excluding hydrogens is 266 g/mol. The first-order valence-electron chi connectivity index (χ1n) is 6.64. The van der Waals surface area contributed by atoms with E-state index in [9.17, 15) is 4.79 Å². The van der Waals surface area contributed by atoms with Crippen molar-refractivity contribution in [3.05, 3.63) is 59.7 Å². The van der Waals surface area contributed by atoms with E-state index in [0.29, 0.717) is 17.0 Å². The quantitative estimate of drug-likeness (QED) is 0.940. The molecule has 0 aliphatic carbocycles. The molecule has 0 saturated carbocycles. The predicted molar refractivity (Wildman–Crippen MR) is 81.5 cm³/mol. The van der Waals surface area contributed by atoms with E-state index >= 15 is 0 Å². The first kappa shape index (κ1) is 13.2. The number of rotatable bonds is 3. The van der Waals surface area contributed by atoms with Crippen LogP contribution in [0, 0.1) is 0 Å². The number of hydrogen-bond donors (Lipinski definition) is 1. The molecule has 0 saturated heterocycles. The molecule has 3 rings (SSSR count). The highest BCUT2D eigenvalue weighted by molar-refractivity contribution is 6.08. The molecular formula is C17H15NO3. The Hall–Kier alpha value is -2.75. The van der Waals surface area contributed by atoms with Crippen LogP contribution in [0.25, 0.3) is 6.08 Å². The molecule has 1 aliphatic heterocycles. The summed E-state index contributed by atoms with van der Waals surface area (Å²) in [5.74, 6) is 1.24. The van der Waals surface area contributed by atoms with Crippen LogP contribution in [0.4, 0.5) is 5.69 Å². The van der Waals surface area contributed by atoms with Crippen LogP contribution in [0.15, 0.2) is 54.1 Å². The van der Waals surface area contributed by atoms with Crippen molar-refractivity contribution < 1.29 is 14.3 Å². The molecule has 4 nitrogen and oxygen atoms in total. The molecule has 2 aromatic rings. The molecule has 106 valence electrons.